The van der Waals surface area contributed by atoms with Crippen molar-refractivity contribution in [2.24, 2.45) is 0 Å². The van der Waals surface area contributed by atoms with Crippen LogP contribution in [0.2, 0.25) is 5.02 Å². The average Bonchev–Trinajstić information content (AvgIpc) is 2.44. The van der Waals surface area contributed by atoms with E-state index in [4.69, 9.17) is 11.6 Å². The van der Waals surface area contributed by atoms with Crippen LogP contribution in [0.4, 0.5) is 4.39 Å². The molecule has 19 heavy (non-hydrogen) atoms. The topological polar surface area (TPSA) is 24.9 Å². The fraction of sp³-hybridized carbons (Fsp3) is 0.267. The predicted molar refractivity (Wildman–Crippen MR) is 75.9 cm³/mol. The van der Waals surface area contributed by atoms with E-state index in [0.717, 1.165) is 12.1 Å². The fourth-order valence-corrected chi connectivity index (χ4v) is 2.21. The van der Waals surface area contributed by atoms with Gasteiger partial charge in [0.05, 0.1) is 5.02 Å². The number of pyridine rings is 1. The van der Waals surface area contributed by atoms with Gasteiger partial charge in [0.2, 0.25) is 0 Å². The molecule has 0 saturated carbocycles. The Hall–Kier alpha value is -1.45. The third kappa shape index (κ3) is 3.75. The smallest absolute Gasteiger partial charge is 0.145 e. The van der Waals surface area contributed by atoms with Crippen molar-refractivity contribution in [3.8, 4) is 0 Å². The second kappa shape index (κ2) is 6.64. The van der Waals surface area contributed by atoms with Crippen LogP contribution in [0, 0.1) is 5.82 Å². The monoisotopic (exact) mass is 278 g/mol. The molecule has 0 spiro atoms. The molecule has 2 aromatic rings. The van der Waals surface area contributed by atoms with Crippen molar-refractivity contribution in [2.75, 3.05) is 7.05 Å². The van der Waals surface area contributed by atoms with E-state index in [1.807, 2.05) is 25.2 Å². The molecule has 0 amide bonds. The van der Waals surface area contributed by atoms with Gasteiger partial charge < -0.3 is 5.32 Å². The van der Waals surface area contributed by atoms with Gasteiger partial charge in [0.1, 0.15) is 5.82 Å². The number of rotatable bonds is 5. The van der Waals surface area contributed by atoms with Crippen LogP contribution in [-0.2, 0) is 12.8 Å². The van der Waals surface area contributed by atoms with Crippen molar-refractivity contribution in [3.05, 3.63) is 64.7 Å². The van der Waals surface area contributed by atoms with Crippen LogP contribution < -0.4 is 5.32 Å². The molecule has 1 aromatic carbocycles. The summed E-state index contributed by atoms with van der Waals surface area (Å²) in [7, 11) is 1.87. The minimum Gasteiger partial charge on any atom is -0.316 e. The van der Waals surface area contributed by atoms with Crippen molar-refractivity contribution in [1.29, 1.82) is 0 Å². The van der Waals surface area contributed by atoms with E-state index in [9.17, 15) is 4.39 Å². The second-order valence-corrected chi connectivity index (χ2v) is 4.84. The second-order valence-electron chi connectivity index (χ2n) is 4.43. The van der Waals surface area contributed by atoms with E-state index in [1.165, 1.54) is 0 Å². The minimum absolute atomic E-state index is 0.128. The molecule has 2 nitrogen and oxygen atoms in total. The summed E-state index contributed by atoms with van der Waals surface area (Å²) in [6.45, 7) is 0. The molecule has 0 aliphatic heterocycles. The number of nitrogens with one attached hydrogen (secondary N) is 1. The summed E-state index contributed by atoms with van der Waals surface area (Å²) in [6.07, 6.45) is 3.10. The Balaban J connectivity index is 2.09. The zero-order valence-corrected chi connectivity index (χ0v) is 11.5. The van der Waals surface area contributed by atoms with Gasteiger partial charge in [-0.25, -0.2) is 4.39 Å². The molecule has 100 valence electrons. The minimum atomic E-state index is -0.328. The zero-order chi connectivity index (χ0) is 13.7. The number of halogens is 2. The van der Waals surface area contributed by atoms with Gasteiger partial charge in [-0.05, 0) is 37.2 Å². The van der Waals surface area contributed by atoms with Gasteiger partial charge in [0.25, 0.3) is 0 Å². The number of nitrogens with zero attached hydrogens (tertiary/aromatic N) is 1. The fourth-order valence-electron chi connectivity index (χ4n) is 2.02. The third-order valence-corrected chi connectivity index (χ3v) is 3.38. The van der Waals surface area contributed by atoms with Crippen molar-refractivity contribution < 1.29 is 4.39 Å². The lowest BCUT2D eigenvalue weighted by Gasteiger charge is -2.16. The molecule has 1 heterocycles. The van der Waals surface area contributed by atoms with Crippen LogP contribution in [-0.4, -0.2) is 18.1 Å². The molecular formula is C15H16ClFN2. The Labute approximate surface area is 117 Å². The van der Waals surface area contributed by atoms with Crippen LogP contribution in [0.25, 0.3) is 0 Å². The highest BCUT2D eigenvalue weighted by molar-refractivity contribution is 6.30. The Morgan fingerprint density at radius 3 is 2.74 bits per heavy atom. The lowest BCUT2D eigenvalue weighted by atomic mass is 10.0. The first kappa shape index (κ1) is 14.0. The lowest BCUT2D eigenvalue weighted by molar-refractivity contribution is 0.528. The highest BCUT2D eigenvalue weighted by atomic mass is 35.5. The summed E-state index contributed by atoms with van der Waals surface area (Å²) in [4.78, 5) is 4.29. The summed E-state index contributed by atoms with van der Waals surface area (Å²) < 4.78 is 13.9. The quantitative estimate of drug-likeness (QED) is 0.908. The van der Waals surface area contributed by atoms with Crippen LogP contribution in [0.3, 0.4) is 0 Å². The maximum atomic E-state index is 13.9. The Morgan fingerprint density at radius 1 is 1.21 bits per heavy atom. The van der Waals surface area contributed by atoms with Crippen LogP contribution in [0.15, 0.2) is 42.6 Å². The van der Waals surface area contributed by atoms with Gasteiger partial charge in [-0.2, -0.15) is 0 Å². The molecular weight excluding hydrogens is 263 g/mol. The largest absolute Gasteiger partial charge is 0.316 e. The van der Waals surface area contributed by atoms with Crippen molar-refractivity contribution in [1.82, 2.24) is 10.3 Å². The van der Waals surface area contributed by atoms with Gasteiger partial charge in [-0.3, -0.25) is 4.98 Å². The molecule has 0 saturated heterocycles. The summed E-state index contributed by atoms with van der Waals surface area (Å²) >= 11 is 5.79. The molecule has 1 N–H and O–H groups in total. The summed E-state index contributed by atoms with van der Waals surface area (Å²) in [5, 5.41) is 3.37. The van der Waals surface area contributed by atoms with Gasteiger partial charge in [0, 0.05) is 24.4 Å². The standard InChI is InChI=1S/C15H16ClFN2/c1-18-13(10-12-6-2-3-8-19-12)9-11-5-4-7-14(16)15(11)17/h2-8,13,18H,9-10H2,1H3. The Bertz CT molecular complexity index is 531. The number of aromatic nitrogens is 1. The van der Waals surface area contributed by atoms with Gasteiger partial charge in [-0.15, -0.1) is 0 Å². The number of benzene rings is 1. The normalized spacial score (nSPS) is 12.4. The van der Waals surface area contributed by atoms with Gasteiger partial charge in [0.15, 0.2) is 0 Å². The first-order chi connectivity index (χ1) is 9.20. The Morgan fingerprint density at radius 2 is 2.05 bits per heavy atom. The van der Waals surface area contributed by atoms with E-state index in [1.54, 1.807) is 24.4 Å². The Kier molecular flexibility index (Phi) is 4.88. The summed E-state index contributed by atoms with van der Waals surface area (Å²) in [5.74, 6) is -0.328. The number of likely N-dealkylation sites (N-methyl/N-ethyl adjacent to an activating group) is 1. The first-order valence-corrected chi connectivity index (χ1v) is 6.58. The van der Waals surface area contributed by atoms with Gasteiger partial charge in [-0.1, -0.05) is 29.8 Å². The van der Waals surface area contributed by atoms with Crippen molar-refractivity contribution in [2.45, 2.75) is 18.9 Å². The lowest BCUT2D eigenvalue weighted by Crippen LogP contribution is -2.30. The average molecular weight is 279 g/mol. The first-order valence-electron chi connectivity index (χ1n) is 6.20. The predicted octanol–water partition coefficient (Wildman–Crippen LogP) is 3.25. The SMILES string of the molecule is CNC(Cc1ccccn1)Cc1cccc(Cl)c1F. The van der Waals surface area contributed by atoms with Crippen molar-refractivity contribution >= 4 is 11.6 Å². The van der Waals surface area contributed by atoms with Gasteiger partial charge >= 0.3 is 0 Å². The molecule has 2 rings (SSSR count). The molecule has 0 aliphatic carbocycles. The molecule has 1 atom stereocenters. The summed E-state index contributed by atoms with van der Waals surface area (Å²) in [6, 6.07) is 11.0. The van der Waals surface area contributed by atoms with E-state index in [0.29, 0.717) is 12.0 Å². The molecule has 1 aromatic heterocycles. The molecule has 0 bridgehead atoms. The number of hydrogen-bond acceptors (Lipinski definition) is 2. The van der Waals surface area contributed by atoms with E-state index < -0.39 is 0 Å². The molecule has 0 fully saturated rings. The molecule has 1 unspecified atom stereocenters. The number of hydrogen-bond donors (Lipinski definition) is 1. The molecule has 0 radical (unpaired) electrons. The molecule has 0 aliphatic rings. The van der Waals surface area contributed by atoms with E-state index >= 15 is 0 Å². The zero-order valence-electron chi connectivity index (χ0n) is 10.7. The maximum absolute atomic E-state index is 13.9. The van der Waals surface area contributed by atoms with E-state index in [-0.39, 0.29) is 16.9 Å². The van der Waals surface area contributed by atoms with Crippen LogP contribution >= 0.6 is 11.6 Å². The molecule has 4 heteroatoms. The van der Waals surface area contributed by atoms with Crippen LogP contribution in [0.5, 0.6) is 0 Å². The maximum Gasteiger partial charge on any atom is 0.145 e. The van der Waals surface area contributed by atoms with Crippen LogP contribution in [0.1, 0.15) is 11.3 Å². The van der Waals surface area contributed by atoms with Crippen molar-refractivity contribution in [3.63, 3.8) is 0 Å². The highest BCUT2D eigenvalue weighted by Crippen LogP contribution is 2.19. The van der Waals surface area contributed by atoms with E-state index in [2.05, 4.69) is 10.3 Å². The third-order valence-electron chi connectivity index (χ3n) is 3.09. The summed E-state index contributed by atoms with van der Waals surface area (Å²) in [5.41, 5.74) is 1.62. The highest BCUT2D eigenvalue weighted by Gasteiger charge is 2.13.